The molecule has 1 atom stereocenters. The van der Waals surface area contributed by atoms with Gasteiger partial charge in [-0.15, -0.1) is 0 Å². The van der Waals surface area contributed by atoms with Crippen molar-refractivity contribution in [2.45, 2.75) is 26.0 Å². The highest BCUT2D eigenvalue weighted by molar-refractivity contribution is 6.46. The van der Waals surface area contributed by atoms with Crippen LogP contribution in [0.3, 0.4) is 0 Å². The predicted molar refractivity (Wildman–Crippen MR) is 160 cm³/mol. The summed E-state index contributed by atoms with van der Waals surface area (Å²) in [6.07, 6.45) is 0.633. The SMILES string of the molecule is COc1cc(C2/C(=C(\O)c3ccc(OCc4cccc(C)c4)cc3)C(=O)C(=O)N2CCCN(C)C)cc(OC)c1OC. The lowest BCUT2D eigenvalue weighted by Gasteiger charge is -2.27. The van der Waals surface area contributed by atoms with E-state index in [-0.39, 0.29) is 11.3 Å². The van der Waals surface area contributed by atoms with Crippen LogP contribution in [0.5, 0.6) is 23.0 Å². The first-order valence-electron chi connectivity index (χ1n) is 13.7. The number of nitrogens with zero attached hydrogens (tertiary/aromatic N) is 2. The Labute approximate surface area is 246 Å². The molecular formula is C33H38N2O7. The smallest absolute Gasteiger partial charge is 0.295 e. The first kappa shape index (κ1) is 30.5. The molecule has 1 aliphatic rings. The second-order valence-electron chi connectivity index (χ2n) is 10.4. The summed E-state index contributed by atoms with van der Waals surface area (Å²) >= 11 is 0. The number of benzene rings is 3. The van der Waals surface area contributed by atoms with Gasteiger partial charge in [0.25, 0.3) is 11.7 Å². The molecule has 222 valence electrons. The van der Waals surface area contributed by atoms with Crippen LogP contribution in [0.25, 0.3) is 5.76 Å². The van der Waals surface area contributed by atoms with Crippen molar-refractivity contribution in [3.05, 3.63) is 88.5 Å². The number of hydrogen-bond donors (Lipinski definition) is 1. The third-order valence-corrected chi connectivity index (χ3v) is 7.16. The molecule has 1 unspecified atom stereocenters. The van der Waals surface area contributed by atoms with Crippen LogP contribution in [0.1, 0.15) is 34.7 Å². The fourth-order valence-electron chi connectivity index (χ4n) is 5.11. The monoisotopic (exact) mass is 574 g/mol. The van der Waals surface area contributed by atoms with Crippen LogP contribution in [0.4, 0.5) is 0 Å². The van der Waals surface area contributed by atoms with Gasteiger partial charge in [-0.05, 0) is 81.5 Å². The maximum Gasteiger partial charge on any atom is 0.295 e. The predicted octanol–water partition coefficient (Wildman–Crippen LogP) is 4.97. The Kier molecular flexibility index (Phi) is 9.75. The Morgan fingerprint density at radius 2 is 1.60 bits per heavy atom. The molecule has 9 nitrogen and oxygen atoms in total. The minimum absolute atomic E-state index is 0.00689. The van der Waals surface area contributed by atoms with Gasteiger partial charge in [-0.25, -0.2) is 0 Å². The molecule has 0 radical (unpaired) electrons. The lowest BCUT2D eigenvalue weighted by atomic mass is 9.94. The zero-order chi connectivity index (χ0) is 30.4. The summed E-state index contributed by atoms with van der Waals surface area (Å²) in [5.74, 6) is 0.0464. The van der Waals surface area contributed by atoms with Crippen LogP contribution in [-0.4, -0.2) is 75.1 Å². The standard InChI is InChI=1S/C33H38N2O7/c1-21-9-7-10-22(17-21)20-42-25-13-11-23(12-14-25)30(36)28-29(35(33(38)31(28)37)16-8-15-34(2)3)24-18-26(39-4)32(41-6)27(19-24)40-5/h7,9-14,17-19,29,36H,8,15-16,20H2,1-6H3/b30-28+. The molecule has 1 amide bonds. The van der Waals surface area contributed by atoms with Crippen LogP contribution in [-0.2, 0) is 16.2 Å². The zero-order valence-electron chi connectivity index (χ0n) is 25.0. The molecule has 9 heteroatoms. The summed E-state index contributed by atoms with van der Waals surface area (Å²) in [4.78, 5) is 30.3. The van der Waals surface area contributed by atoms with E-state index < -0.39 is 17.7 Å². The molecule has 1 aliphatic heterocycles. The average Bonchev–Trinajstić information content (AvgIpc) is 3.24. The van der Waals surface area contributed by atoms with E-state index in [2.05, 4.69) is 6.07 Å². The molecular weight excluding hydrogens is 536 g/mol. The molecule has 0 spiro atoms. The quantitative estimate of drug-likeness (QED) is 0.184. The fourth-order valence-corrected chi connectivity index (χ4v) is 5.11. The van der Waals surface area contributed by atoms with Gasteiger partial charge in [0, 0.05) is 12.1 Å². The normalized spacial score (nSPS) is 16.2. The number of carbonyl (C=O) groups is 2. The molecule has 1 saturated heterocycles. The number of aliphatic hydroxyl groups excluding tert-OH is 1. The Balaban J connectivity index is 1.73. The van der Waals surface area contributed by atoms with Crippen LogP contribution in [0, 0.1) is 6.92 Å². The van der Waals surface area contributed by atoms with E-state index in [0.717, 1.165) is 17.7 Å². The Morgan fingerprint density at radius 3 is 2.17 bits per heavy atom. The molecule has 0 saturated carbocycles. The minimum Gasteiger partial charge on any atom is -0.507 e. The molecule has 1 N–H and O–H groups in total. The van der Waals surface area contributed by atoms with Crippen molar-refractivity contribution in [3.8, 4) is 23.0 Å². The molecule has 42 heavy (non-hydrogen) atoms. The van der Waals surface area contributed by atoms with Gasteiger partial charge in [-0.1, -0.05) is 29.8 Å². The number of ketones is 1. The molecule has 3 aromatic carbocycles. The van der Waals surface area contributed by atoms with Crippen molar-refractivity contribution in [2.75, 3.05) is 48.5 Å². The summed E-state index contributed by atoms with van der Waals surface area (Å²) in [7, 11) is 8.38. The first-order valence-corrected chi connectivity index (χ1v) is 13.7. The number of likely N-dealkylation sites (tertiary alicyclic amines) is 1. The van der Waals surface area contributed by atoms with E-state index in [1.807, 2.05) is 44.1 Å². The van der Waals surface area contributed by atoms with E-state index >= 15 is 0 Å². The van der Waals surface area contributed by atoms with Crippen molar-refractivity contribution in [1.82, 2.24) is 9.80 Å². The number of ether oxygens (including phenoxy) is 4. The second kappa shape index (κ2) is 13.4. The van der Waals surface area contributed by atoms with E-state index in [9.17, 15) is 14.7 Å². The third-order valence-electron chi connectivity index (χ3n) is 7.16. The molecule has 1 fully saturated rings. The van der Waals surface area contributed by atoms with Crippen LogP contribution < -0.4 is 18.9 Å². The second-order valence-corrected chi connectivity index (χ2v) is 10.4. The molecule has 4 rings (SSSR count). The molecule has 0 bridgehead atoms. The number of carbonyl (C=O) groups excluding carboxylic acids is 2. The third kappa shape index (κ3) is 6.52. The number of aryl methyl sites for hydroxylation is 1. The minimum atomic E-state index is -0.863. The summed E-state index contributed by atoms with van der Waals surface area (Å²) in [5.41, 5.74) is 3.13. The topological polar surface area (TPSA) is 97.8 Å². The molecule has 0 aromatic heterocycles. The highest BCUT2D eigenvalue weighted by Gasteiger charge is 2.46. The van der Waals surface area contributed by atoms with Gasteiger partial charge in [-0.2, -0.15) is 0 Å². The van der Waals surface area contributed by atoms with Crippen LogP contribution in [0.15, 0.2) is 66.2 Å². The Hall–Kier alpha value is -4.50. The maximum atomic E-state index is 13.5. The lowest BCUT2D eigenvalue weighted by molar-refractivity contribution is -0.139. The number of Topliss-reactive ketones (excluding diaryl/α,β-unsaturated/α-hetero) is 1. The van der Waals surface area contributed by atoms with Gasteiger partial charge in [-0.3, -0.25) is 9.59 Å². The zero-order valence-corrected chi connectivity index (χ0v) is 25.0. The summed E-state index contributed by atoms with van der Waals surface area (Å²) in [6, 6.07) is 17.4. The summed E-state index contributed by atoms with van der Waals surface area (Å²) in [6.45, 7) is 3.45. The number of methoxy groups -OCH3 is 3. The van der Waals surface area contributed by atoms with Gasteiger partial charge in [0.2, 0.25) is 5.75 Å². The lowest BCUT2D eigenvalue weighted by Crippen LogP contribution is -2.32. The number of amides is 1. The van der Waals surface area contributed by atoms with Gasteiger partial charge in [0.05, 0.1) is 32.9 Å². The van der Waals surface area contributed by atoms with Gasteiger partial charge in [0.15, 0.2) is 11.5 Å². The van der Waals surface area contributed by atoms with Gasteiger partial charge >= 0.3 is 0 Å². The van der Waals surface area contributed by atoms with Gasteiger partial charge < -0.3 is 33.9 Å². The van der Waals surface area contributed by atoms with Crippen LogP contribution >= 0.6 is 0 Å². The number of hydrogen-bond acceptors (Lipinski definition) is 8. The average molecular weight is 575 g/mol. The van der Waals surface area contributed by atoms with E-state index in [1.54, 1.807) is 36.4 Å². The molecule has 3 aromatic rings. The van der Waals surface area contributed by atoms with Crippen LogP contribution in [0.2, 0.25) is 0 Å². The van der Waals surface area contributed by atoms with E-state index in [4.69, 9.17) is 18.9 Å². The summed E-state index contributed by atoms with van der Waals surface area (Å²) < 4.78 is 22.5. The summed E-state index contributed by atoms with van der Waals surface area (Å²) in [5, 5.41) is 11.5. The molecule has 1 heterocycles. The highest BCUT2D eigenvalue weighted by atomic mass is 16.5. The van der Waals surface area contributed by atoms with Crippen molar-refractivity contribution < 1.29 is 33.6 Å². The van der Waals surface area contributed by atoms with Gasteiger partial charge in [0.1, 0.15) is 18.1 Å². The van der Waals surface area contributed by atoms with Crippen molar-refractivity contribution in [2.24, 2.45) is 0 Å². The molecule has 0 aliphatic carbocycles. The largest absolute Gasteiger partial charge is 0.507 e. The Bertz CT molecular complexity index is 1440. The van der Waals surface area contributed by atoms with E-state index in [1.165, 1.54) is 26.2 Å². The fraction of sp³-hybridized carbons (Fsp3) is 0.333. The highest BCUT2D eigenvalue weighted by Crippen LogP contribution is 2.45. The van der Waals surface area contributed by atoms with Crippen molar-refractivity contribution in [1.29, 1.82) is 0 Å². The van der Waals surface area contributed by atoms with E-state index in [0.29, 0.717) is 53.7 Å². The maximum absolute atomic E-state index is 13.5. The number of rotatable bonds is 12. The number of aliphatic hydroxyl groups is 1. The first-order chi connectivity index (χ1) is 20.2. The Morgan fingerprint density at radius 1 is 0.929 bits per heavy atom. The van der Waals surface area contributed by atoms with Crippen molar-refractivity contribution >= 4 is 17.4 Å². The van der Waals surface area contributed by atoms with Crippen molar-refractivity contribution in [3.63, 3.8) is 0 Å².